The largest absolute Gasteiger partial charge is 0.465 e. The summed E-state index contributed by atoms with van der Waals surface area (Å²) in [6.45, 7) is 3.23. The second kappa shape index (κ2) is 6.42. The molecule has 122 valence electrons. The van der Waals surface area contributed by atoms with Crippen LogP contribution in [0.5, 0.6) is 0 Å². The summed E-state index contributed by atoms with van der Waals surface area (Å²) in [4.78, 5) is 12.1. The number of hydrogen-bond acceptors (Lipinski definition) is 3. The minimum absolute atomic E-state index is 0.0740. The van der Waals surface area contributed by atoms with Crippen molar-refractivity contribution < 1.29 is 23.8 Å². The number of carbonyl (C=O) groups is 1. The fraction of sp³-hybridized carbons (Fsp3) is 0.533. The molecular weight excluding hydrogens is 312 g/mol. The Morgan fingerprint density at radius 2 is 1.77 bits per heavy atom. The highest BCUT2D eigenvalue weighted by molar-refractivity contribution is 7.99. The Morgan fingerprint density at radius 3 is 2.18 bits per heavy atom. The highest BCUT2D eigenvalue weighted by atomic mass is 32.2. The lowest BCUT2D eigenvalue weighted by molar-refractivity contribution is 0.0209. The zero-order chi connectivity index (χ0) is 16.5. The average Bonchev–Trinajstić information content (AvgIpc) is 2.37. The van der Waals surface area contributed by atoms with Gasteiger partial charge in [-0.25, -0.2) is 13.6 Å². The first-order valence-electron chi connectivity index (χ1n) is 7.08. The second-order valence-electron chi connectivity index (χ2n) is 5.67. The number of aliphatic hydroxyl groups is 1. The second-order valence-corrected chi connectivity index (χ2v) is 6.90. The number of hydrogen-bond donors (Lipinski definition) is 2. The first-order valence-corrected chi connectivity index (χ1v) is 8.23. The molecule has 1 aliphatic heterocycles. The van der Waals surface area contributed by atoms with Crippen molar-refractivity contribution in [1.29, 1.82) is 0 Å². The smallest absolute Gasteiger partial charge is 0.412 e. The molecule has 2 rings (SSSR count). The number of amides is 1. The van der Waals surface area contributed by atoms with Gasteiger partial charge in [0.2, 0.25) is 0 Å². The summed E-state index contributed by atoms with van der Waals surface area (Å²) in [7, 11) is 0. The molecule has 1 aromatic carbocycles. The van der Waals surface area contributed by atoms with Crippen LogP contribution in [0, 0.1) is 11.6 Å². The maximum Gasteiger partial charge on any atom is 0.412 e. The first kappa shape index (κ1) is 17.0. The molecule has 4 nitrogen and oxygen atoms in total. The van der Waals surface area contributed by atoms with Crippen LogP contribution in [0.3, 0.4) is 0 Å². The Labute approximate surface area is 132 Å². The van der Waals surface area contributed by atoms with E-state index < -0.39 is 29.4 Å². The lowest BCUT2D eigenvalue weighted by Crippen LogP contribution is -2.37. The standard InChI is InChI=1S/C15H19F2NO3S/c1-9(2)18(14(19)20)10-7-11(16)13(12(17)8-10)15(21)3-5-22-6-4-15/h7-9,21H,3-6H2,1-2H3,(H,19,20). The molecule has 0 aromatic heterocycles. The van der Waals surface area contributed by atoms with Crippen molar-refractivity contribution in [3.05, 3.63) is 29.3 Å². The fourth-order valence-electron chi connectivity index (χ4n) is 2.73. The van der Waals surface area contributed by atoms with E-state index in [0.717, 1.165) is 17.0 Å². The summed E-state index contributed by atoms with van der Waals surface area (Å²) < 4.78 is 28.8. The van der Waals surface area contributed by atoms with E-state index in [1.54, 1.807) is 25.6 Å². The Hall–Kier alpha value is -1.34. The summed E-state index contributed by atoms with van der Waals surface area (Å²) in [6, 6.07) is 1.50. The molecule has 1 heterocycles. The summed E-state index contributed by atoms with van der Waals surface area (Å²) in [6.07, 6.45) is -0.732. The molecule has 0 unspecified atom stereocenters. The van der Waals surface area contributed by atoms with Gasteiger partial charge in [-0.2, -0.15) is 11.8 Å². The lowest BCUT2D eigenvalue weighted by Gasteiger charge is -2.33. The van der Waals surface area contributed by atoms with Gasteiger partial charge < -0.3 is 10.2 Å². The molecule has 0 atom stereocenters. The predicted octanol–water partition coefficient (Wildman–Crippen LogP) is 3.57. The molecular formula is C15H19F2NO3S. The van der Waals surface area contributed by atoms with Crippen LogP contribution in [0.4, 0.5) is 19.3 Å². The monoisotopic (exact) mass is 331 g/mol. The Morgan fingerprint density at radius 1 is 1.27 bits per heavy atom. The third-order valence-corrected chi connectivity index (χ3v) is 4.80. The number of nitrogens with zero attached hydrogens (tertiary/aromatic N) is 1. The predicted molar refractivity (Wildman–Crippen MR) is 82.5 cm³/mol. The van der Waals surface area contributed by atoms with Gasteiger partial charge in [0.1, 0.15) is 11.6 Å². The van der Waals surface area contributed by atoms with Crippen LogP contribution in [0.1, 0.15) is 32.3 Å². The Kier molecular flexibility index (Phi) is 4.97. The van der Waals surface area contributed by atoms with E-state index in [4.69, 9.17) is 0 Å². The first-order chi connectivity index (χ1) is 10.3. The number of rotatable bonds is 3. The molecule has 1 aromatic rings. The molecule has 2 N–H and O–H groups in total. The van der Waals surface area contributed by atoms with Gasteiger partial charge >= 0.3 is 6.09 Å². The van der Waals surface area contributed by atoms with Crippen LogP contribution >= 0.6 is 11.8 Å². The topological polar surface area (TPSA) is 60.8 Å². The van der Waals surface area contributed by atoms with E-state index in [1.165, 1.54) is 0 Å². The molecule has 1 fully saturated rings. The summed E-state index contributed by atoms with van der Waals surface area (Å²) in [5.41, 5.74) is -1.95. The SMILES string of the molecule is CC(C)N(C(=O)O)c1cc(F)c(C2(O)CCSCC2)c(F)c1. The molecule has 0 saturated carbocycles. The van der Waals surface area contributed by atoms with Gasteiger partial charge in [-0.1, -0.05) is 0 Å². The van der Waals surface area contributed by atoms with Crippen molar-refractivity contribution in [1.82, 2.24) is 0 Å². The number of anilines is 1. The van der Waals surface area contributed by atoms with E-state index in [0.29, 0.717) is 11.5 Å². The normalized spacial score (nSPS) is 17.5. The zero-order valence-corrected chi connectivity index (χ0v) is 13.3. The van der Waals surface area contributed by atoms with Gasteiger partial charge in [0, 0.05) is 6.04 Å². The number of benzene rings is 1. The molecule has 0 spiro atoms. The lowest BCUT2D eigenvalue weighted by atomic mass is 9.87. The molecule has 0 radical (unpaired) electrons. The highest BCUT2D eigenvalue weighted by Gasteiger charge is 2.37. The van der Waals surface area contributed by atoms with Crippen LogP contribution in [0.15, 0.2) is 12.1 Å². The van der Waals surface area contributed by atoms with Crippen LogP contribution in [0.2, 0.25) is 0 Å². The molecule has 1 amide bonds. The molecule has 0 aliphatic carbocycles. The zero-order valence-electron chi connectivity index (χ0n) is 12.5. The van der Waals surface area contributed by atoms with Gasteiger partial charge in [-0.15, -0.1) is 0 Å². The van der Waals surface area contributed by atoms with E-state index in [9.17, 15) is 23.8 Å². The van der Waals surface area contributed by atoms with Gasteiger partial charge in [-0.05, 0) is 50.3 Å². The quantitative estimate of drug-likeness (QED) is 0.889. The van der Waals surface area contributed by atoms with Gasteiger partial charge in [0.25, 0.3) is 0 Å². The van der Waals surface area contributed by atoms with Crippen molar-refractivity contribution >= 4 is 23.5 Å². The molecule has 22 heavy (non-hydrogen) atoms. The Bertz CT molecular complexity index is 551. The van der Waals surface area contributed by atoms with Crippen LogP contribution in [0.25, 0.3) is 0 Å². The maximum atomic E-state index is 14.4. The van der Waals surface area contributed by atoms with Crippen LogP contribution < -0.4 is 4.90 Å². The number of halogens is 2. The molecule has 1 saturated heterocycles. The van der Waals surface area contributed by atoms with E-state index >= 15 is 0 Å². The number of carboxylic acid groups (broad SMARTS) is 1. The van der Waals surface area contributed by atoms with Crippen LogP contribution in [-0.2, 0) is 5.60 Å². The van der Waals surface area contributed by atoms with Crippen molar-refractivity contribution in [3.63, 3.8) is 0 Å². The van der Waals surface area contributed by atoms with Crippen molar-refractivity contribution in [2.75, 3.05) is 16.4 Å². The number of thioether (sulfide) groups is 1. The average molecular weight is 331 g/mol. The van der Waals surface area contributed by atoms with Crippen molar-refractivity contribution in [3.8, 4) is 0 Å². The van der Waals surface area contributed by atoms with Crippen LogP contribution in [-0.4, -0.2) is 33.9 Å². The molecule has 1 aliphatic rings. The minimum atomic E-state index is -1.52. The van der Waals surface area contributed by atoms with E-state index in [1.807, 2.05) is 0 Å². The maximum absolute atomic E-state index is 14.4. The summed E-state index contributed by atoms with van der Waals surface area (Å²) in [5, 5.41) is 19.7. The summed E-state index contributed by atoms with van der Waals surface area (Å²) in [5.74, 6) is -0.554. The van der Waals surface area contributed by atoms with E-state index in [-0.39, 0.29) is 24.1 Å². The minimum Gasteiger partial charge on any atom is -0.465 e. The van der Waals surface area contributed by atoms with Crippen molar-refractivity contribution in [2.24, 2.45) is 0 Å². The highest BCUT2D eigenvalue weighted by Crippen LogP contribution is 2.39. The summed E-state index contributed by atoms with van der Waals surface area (Å²) >= 11 is 1.63. The fourth-order valence-corrected chi connectivity index (χ4v) is 3.90. The third-order valence-electron chi connectivity index (χ3n) is 3.81. The van der Waals surface area contributed by atoms with Gasteiger partial charge in [0.15, 0.2) is 0 Å². The van der Waals surface area contributed by atoms with E-state index in [2.05, 4.69) is 0 Å². The molecule has 0 bridgehead atoms. The Balaban J connectivity index is 2.46. The van der Waals surface area contributed by atoms with Crippen molar-refractivity contribution in [2.45, 2.75) is 38.3 Å². The van der Waals surface area contributed by atoms with Gasteiger partial charge in [0.05, 0.1) is 16.9 Å². The van der Waals surface area contributed by atoms with Gasteiger partial charge in [-0.3, -0.25) is 4.90 Å². The molecule has 7 heteroatoms. The third kappa shape index (κ3) is 3.20.